The molecule has 1 aliphatic heterocycles. The molecule has 0 radical (unpaired) electrons. The molecule has 22 heavy (non-hydrogen) atoms. The number of halogens is 2. The van der Waals surface area contributed by atoms with E-state index in [-0.39, 0.29) is 17.0 Å². The van der Waals surface area contributed by atoms with Gasteiger partial charge < -0.3 is 4.90 Å². The molecule has 6 heteroatoms. The Morgan fingerprint density at radius 3 is 2.95 bits per heavy atom. The molecule has 1 aliphatic rings. The van der Waals surface area contributed by atoms with Crippen molar-refractivity contribution in [1.82, 2.24) is 14.9 Å². The van der Waals surface area contributed by atoms with Gasteiger partial charge in [0.25, 0.3) is 5.91 Å². The van der Waals surface area contributed by atoms with Crippen LogP contribution in [0.3, 0.4) is 0 Å². The summed E-state index contributed by atoms with van der Waals surface area (Å²) in [5, 5.41) is -0.0422. The molecule has 0 saturated carbocycles. The van der Waals surface area contributed by atoms with Gasteiger partial charge in [-0.3, -0.25) is 4.79 Å². The van der Waals surface area contributed by atoms with Crippen molar-refractivity contribution in [1.29, 1.82) is 0 Å². The molecule has 1 aromatic carbocycles. The normalized spacial score (nSPS) is 17.8. The summed E-state index contributed by atoms with van der Waals surface area (Å²) < 4.78 is 13.3. The molecule has 1 aromatic heterocycles. The number of rotatable bonds is 2. The summed E-state index contributed by atoms with van der Waals surface area (Å²) >= 11 is 5.77. The molecular weight excluding hydrogens is 305 g/mol. The Morgan fingerprint density at radius 2 is 2.23 bits per heavy atom. The molecule has 4 nitrogen and oxygen atoms in total. The zero-order valence-corrected chi connectivity index (χ0v) is 12.8. The van der Waals surface area contributed by atoms with E-state index in [9.17, 15) is 9.18 Å². The van der Waals surface area contributed by atoms with Gasteiger partial charge in [-0.15, -0.1) is 0 Å². The Kier molecular flexibility index (Phi) is 4.07. The van der Waals surface area contributed by atoms with E-state index >= 15 is 0 Å². The van der Waals surface area contributed by atoms with Gasteiger partial charge in [-0.1, -0.05) is 11.6 Å². The maximum Gasteiger partial charge on any atom is 0.254 e. The summed E-state index contributed by atoms with van der Waals surface area (Å²) in [6.07, 6.45) is 3.47. The Morgan fingerprint density at radius 1 is 1.41 bits per heavy atom. The number of amides is 1. The molecule has 2 heterocycles. The lowest BCUT2D eigenvalue weighted by Crippen LogP contribution is -2.31. The van der Waals surface area contributed by atoms with E-state index in [2.05, 4.69) is 9.97 Å². The quantitative estimate of drug-likeness (QED) is 0.850. The number of benzene rings is 1. The standard InChI is InChI=1S/C16H15ClFN3O/c1-10-19-7-6-14(20-10)15-3-2-8-21(15)16(22)11-4-5-13(18)12(17)9-11/h4-7,9,15H,2-3,8H2,1H3/t15-/m1/s1. The van der Waals surface area contributed by atoms with Gasteiger partial charge >= 0.3 is 0 Å². The van der Waals surface area contributed by atoms with Crippen molar-refractivity contribution in [2.24, 2.45) is 0 Å². The van der Waals surface area contributed by atoms with Crippen LogP contribution in [0.25, 0.3) is 0 Å². The highest BCUT2D eigenvalue weighted by Crippen LogP contribution is 2.32. The molecule has 1 atom stereocenters. The van der Waals surface area contributed by atoms with Gasteiger partial charge in [-0.2, -0.15) is 0 Å². The van der Waals surface area contributed by atoms with Gasteiger partial charge in [-0.05, 0) is 44.0 Å². The SMILES string of the molecule is Cc1nccc([C@H]2CCCN2C(=O)c2ccc(F)c(Cl)c2)n1. The van der Waals surface area contributed by atoms with Crippen LogP contribution in [0, 0.1) is 12.7 Å². The zero-order valence-electron chi connectivity index (χ0n) is 12.1. The Hall–Kier alpha value is -2.01. The molecular formula is C16H15ClFN3O. The fraction of sp³-hybridized carbons (Fsp3) is 0.312. The number of likely N-dealkylation sites (tertiary alicyclic amines) is 1. The number of hydrogen-bond donors (Lipinski definition) is 0. The minimum absolute atomic E-state index is 0.0422. The largest absolute Gasteiger partial charge is 0.330 e. The molecule has 1 amide bonds. The van der Waals surface area contributed by atoms with Gasteiger partial charge in [-0.25, -0.2) is 14.4 Å². The van der Waals surface area contributed by atoms with E-state index in [0.29, 0.717) is 17.9 Å². The lowest BCUT2D eigenvalue weighted by atomic mass is 10.1. The third-order valence-electron chi connectivity index (χ3n) is 3.82. The van der Waals surface area contributed by atoms with Crippen molar-refractivity contribution in [2.45, 2.75) is 25.8 Å². The van der Waals surface area contributed by atoms with E-state index in [1.165, 1.54) is 18.2 Å². The average molecular weight is 320 g/mol. The van der Waals surface area contributed by atoms with E-state index in [4.69, 9.17) is 11.6 Å². The summed E-state index contributed by atoms with van der Waals surface area (Å²) in [5.41, 5.74) is 1.23. The molecule has 0 aliphatic carbocycles. The Labute approximate surface area is 133 Å². The second kappa shape index (κ2) is 6.01. The van der Waals surface area contributed by atoms with E-state index in [1.807, 2.05) is 13.0 Å². The maximum atomic E-state index is 13.3. The van der Waals surface area contributed by atoms with Crippen molar-refractivity contribution >= 4 is 17.5 Å². The molecule has 0 N–H and O–H groups in total. The van der Waals surface area contributed by atoms with Crippen LogP contribution < -0.4 is 0 Å². The van der Waals surface area contributed by atoms with Gasteiger partial charge in [0, 0.05) is 18.3 Å². The summed E-state index contributed by atoms with van der Waals surface area (Å²) in [6, 6.07) is 5.82. The fourth-order valence-electron chi connectivity index (χ4n) is 2.77. The first-order chi connectivity index (χ1) is 10.6. The predicted molar refractivity (Wildman–Crippen MR) is 81.2 cm³/mol. The van der Waals surface area contributed by atoms with Gasteiger partial charge in [0.2, 0.25) is 0 Å². The molecule has 1 saturated heterocycles. The van der Waals surface area contributed by atoms with Crippen LogP contribution in [0.5, 0.6) is 0 Å². The second-order valence-electron chi connectivity index (χ2n) is 5.31. The summed E-state index contributed by atoms with van der Waals surface area (Å²) in [4.78, 5) is 23.0. The number of carbonyl (C=O) groups is 1. The van der Waals surface area contributed by atoms with Crippen LogP contribution in [0.1, 0.15) is 40.8 Å². The molecule has 114 valence electrons. The first-order valence-electron chi connectivity index (χ1n) is 7.12. The highest BCUT2D eigenvalue weighted by atomic mass is 35.5. The predicted octanol–water partition coefficient (Wildman–Crippen LogP) is 3.55. The molecule has 0 spiro atoms. The number of carbonyl (C=O) groups excluding carboxylic acids is 1. The molecule has 1 fully saturated rings. The summed E-state index contributed by atoms with van der Waals surface area (Å²) in [7, 11) is 0. The molecule has 2 aromatic rings. The topological polar surface area (TPSA) is 46.1 Å². The van der Waals surface area contributed by atoms with E-state index < -0.39 is 5.82 Å². The van der Waals surface area contributed by atoms with E-state index in [0.717, 1.165) is 18.5 Å². The van der Waals surface area contributed by atoms with Crippen molar-refractivity contribution in [3.8, 4) is 0 Å². The first kappa shape index (κ1) is 14.9. The average Bonchev–Trinajstić information content (AvgIpc) is 2.99. The highest BCUT2D eigenvalue weighted by Gasteiger charge is 2.31. The van der Waals surface area contributed by atoms with Crippen molar-refractivity contribution in [2.75, 3.05) is 6.54 Å². The lowest BCUT2D eigenvalue weighted by Gasteiger charge is -2.24. The van der Waals surface area contributed by atoms with Crippen LogP contribution in [-0.4, -0.2) is 27.3 Å². The summed E-state index contributed by atoms with van der Waals surface area (Å²) in [5.74, 6) is 0.00454. The van der Waals surface area contributed by atoms with Crippen molar-refractivity contribution < 1.29 is 9.18 Å². The third kappa shape index (κ3) is 2.81. The second-order valence-corrected chi connectivity index (χ2v) is 5.72. The summed E-state index contributed by atoms with van der Waals surface area (Å²) in [6.45, 7) is 2.48. The monoisotopic (exact) mass is 319 g/mol. The Bertz CT molecular complexity index is 722. The van der Waals surface area contributed by atoms with Crippen LogP contribution in [-0.2, 0) is 0 Å². The van der Waals surface area contributed by atoms with Crippen molar-refractivity contribution in [3.05, 3.63) is 58.4 Å². The zero-order chi connectivity index (χ0) is 15.7. The third-order valence-corrected chi connectivity index (χ3v) is 4.11. The number of hydrogen-bond acceptors (Lipinski definition) is 3. The Balaban J connectivity index is 1.89. The van der Waals surface area contributed by atoms with Gasteiger partial charge in [0.1, 0.15) is 11.6 Å². The fourth-order valence-corrected chi connectivity index (χ4v) is 2.95. The van der Waals surface area contributed by atoms with Crippen LogP contribution in [0.2, 0.25) is 5.02 Å². The highest BCUT2D eigenvalue weighted by molar-refractivity contribution is 6.31. The van der Waals surface area contributed by atoms with Crippen LogP contribution in [0.4, 0.5) is 4.39 Å². The van der Waals surface area contributed by atoms with Gasteiger partial charge in [0.15, 0.2) is 0 Å². The first-order valence-corrected chi connectivity index (χ1v) is 7.49. The minimum Gasteiger partial charge on any atom is -0.330 e. The van der Waals surface area contributed by atoms with Crippen LogP contribution in [0.15, 0.2) is 30.5 Å². The van der Waals surface area contributed by atoms with E-state index in [1.54, 1.807) is 11.1 Å². The lowest BCUT2D eigenvalue weighted by molar-refractivity contribution is 0.0732. The molecule has 3 rings (SSSR count). The molecule has 0 bridgehead atoms. The minimum atomic E-state index is -0.525. The number of aryl methyl sites for hydroxylation is 1. The van der Waals surface area contributed by atoms with Crippen molar-refractivity contribution in [3.63, 3.8) is 0 Å². The number of nitrogens with zero attached hydrogens (tertiary/aromatic N) is 3. The maximum absolute atomic E-state index is 13.3. The molecule has 0 unspecified atom stereocenters. The smallest absolute Gasteiger partial charge is 0.254 e. The van der Waals surface area contributed by atoms with Gasteiger partial charge in [0.05, 0.1) is 16.8 Å². The number of aromatic nitrogens is 2. The van der Waals surface area contributed by atoms with Crippen LogP contribution >= 0.6 is 11.6 Å².